The maximum Gasteiger partial charge on any atom is 0.00683 e. The lowest BCUT2D eigenvalue weighted by atomic mass is 9.88. The Bertz CT molecular complexity index is 565. The fourth-order valence-electron chi connectivity index (χ4n) is 2.86. The van der Waals surface area contributed by atoms with Crippen LogP contribution in [0.1, 0.15) is 32.3 Å². The fourth-order valence-corrected chi connectivity index (χ4v) is 2.86. The van der Waals surface area contributed by atoms with Crippen LogP contribution in [0.3, 0.4) is 0 Å². The highest BCUT2D eigenvalue weighted by atomic mass is 14.9. The molecule has 0 saturated heterocycles. The van der Waals surface area contributed by atoms with Gasteiger partial charge in [0.1, 0.15) is 0 Å². The molecule has 0 radical (unpaired) electrons. The SMILES string of the molecule is CC(CNC1CC1)C(C)Cc1cccc2ccccc12. The Balaban J connectivity index is 1.68. The molecule has 106 valence electrons. The standard InChI is InChI=1S/C19H25N/c1-14(15(2)13-20-18-10-11-18)12-17-8-5-7-16-6-3-4-9-19(16)17/h3-9,14-15,18,20H,10-13H2,1-2H3. The molecule has 1 N–H and O–H groups in total. The van der Waals surface area contributed by atoms with Crippen molar-refractivity contribution in [2.45, 2.75) is 39.2 Å². The molecule has 2 aromatic carbocycles. The maximum atomic E-state index is 3.66. The lowest BCUT2D eigenvalue weighted by Gasteiger charge is -2.21. The molecule has 20 heavy (non-hydrogen) atoms. The highest BCUT2D eigenvalue weighted by molar-refractivity contribution is 5.85. The predicted molar refractivity (Wildman–Crippen MR) is 87.0 cm³/mol. The molecule has 2 atom stereocenters. The largest absolute Gasteiger partial charge is 0.314 e. The molecule has 0 heterocycles. The Morgan fingerprint density at radius 3 is 2.55 bits per heavy atom. The van der Waals surface area contributed by atoms with Gasteiger partial charge < -0.3 is 5.32 Å². The molecule has 1 nitrogen and oxygen atoms in total. The molecule has 1 aliphatic carbocycles. The van der Waals surface area contributed by atoms with Crippen molar-refractivity contribution in [1.82, 2.24) is 5.32 Å². The third-order valence-electron chi connectivity index (χ3n) is 4.70. The molecule has 2 unspecified atom stereocenters. The minimum Gasteiger partial charge on any atom is -0.314 e. The monoisotopic (exact) mass is 267 g/mol. The van der Waals surface area contributed by atoms with Gasteiger partial charge in [-0.25, -0.2) is 0 Å². The summed E-state index contributed by atoms with van der Waals surface area (Å²) >= 11 is 0. The van der Waals surface area contributed by atoms with Crippen LogP contribution in [0.2, 0.25) is 0 Å². The van der Waals surface area contributed by atoms with Crippen LogP contribution in [0.5, 0.6) is 0 Å². The maximum absolute atomic E-state index is 3.66. The topological polar surface area (TPSA) is 12.0 Å². The van der Waals surface area contributed by atoms with E-state index in [-0.39, 0.29) is 0 Å². The van der Waals surface area contributed by atoms with Crippen molar-refractivity contribution in [3.8, 4) is 0 Å². The molecular formula is C19H25N. The number of benzene rings is 2. The van der Waals surface area contributed by atoms with Crippen LogP contribution in [0.4, 0.5) is 0 Å². The minimum atomic E-state index is 0.715. The van der Waals surface area contributed by atoms with Crippen LogP contribution in [0, 0.1) is 11.8 Å². The Morgan fingerprint density at radius 2 is 1.75 bits per heavy atom. The van der Waals surface area contributed by atoms with Gasteiger partial charge in [0.15, 0.2) is 0 Å². The zero-order chi connectivity index (χ0) is 13.9. The second-order valence-electron chi connectivity index (χ2n) is 6.48. The molecule has 2 aromatic rings. The van der Waals surface area contributed by atoms with Gasteiger partial charge in [-0.3, -0.25) is 0 Å². The second kappa shape index (κ2) is 5.97. The van der Waals surface area contributed by atoms with Gasteiger partial charge in [0.2, 0.25) is 0 Å². The average molecular weight is 267 g/mol. The van der Waals surface area contributed by atoms with Gasteiger partial charge in [-0.05, 0) is 54.0 Å². The normalized spacial score (nSPS) is 18.1. The summed E-state index contributed by atoms with van der Waals surface area (Å²) in [6.07, 6.45) is 3.93. The summed E-state index contributed by atoms with van der Waals surface area (Å²) in [5, 5.41) is 6.44. The third kappa shape index (κ3) is 3.21. The quantitative estimate of drug-likeness (QED) is 0.817. The van der Waals surface area contributed by atoms with Gasteiger partial charge in [-0.15, -0.1) is 0 Å². The molecule has 1 saturated carbocycles. The van der Waals surface area contributed by atoms with Crippen LogP contribution in [0.15, 0.2) is 42.5 Å². The molecule has 3 rings (SSSR count). The lowest BCUT2D eigenvalue weighted by Crippen LogP contribution is -2.27. The minimum absolute atomic E-state index is 0.715. The molecule has 0 bridgehead atoms. The molecule has 0 spiro atoms. The summed E-state index contributed by atoms with van der Waals surface area (Å²) in [5.74, 6) is 1.45. The van der Waals surface area contributed by atoms with Crippen molar-refractivity contribution in [3.05, 3.63) is 48.0 Å². The Kier molecular flexibility index (Phi) is 4.07. The first kappa shape index (κ1) is 13.6. The van der Waals surface area contributed by atoms with Crippen LogP contribution >= 0.6 is 0 Å². The number of hydrogen-bond donors (Lipinski definition) is 1. The van der Waals surface area contributed by atoms with Crippen LogP contribution in [0.25, 0.3) is 10.8 Å². The molecule has 0 aromatic heterocycles. The highest BCUT2D eigenvalue weighted by Gasteiger charge is 2.22. The van der Waals surface area contributed by atoms with Crippen LogP contribution < -0.4 is 5.32 Å². The van der Waals surface area contributed by atoms with E-state index in [1.54, 1.807) is 0 Å². The van der Waals surface area contributed by atoms with Crippen molar-refractivity contribution in [2.75, 3.05) is 6.54 Å². The predicted octanol–water partition coefficient (Wildman–Crippen LogP) is 4.41. The summed E-state index contributed by atoms with van der Waals surface area (Å²) < 4.78 is 0. The van der Waals surface area contributed by atoms with E-state index in [4.69, 9.17) is 0 Å². The van der Waals surface area contributed by atoms with E-state index in [0.29, 0.717) is 5.92 Å². The number of fused-ring (bicyclic) bond motifs is 1. The van der Waals surface area contributed by atoms with Crippen LogP contribution in [-0.4, -0.2) is 12.6 Å². The van der Waals surface area contributed by atoms with E-state index in [1.165, 1.54) is 35.6 Å². The smallest absolute Gasteiger partial charge is 0.00683 e. The summed E-state index contributed by atoms with van der Waals surface area (Å²) in [7, 11) is 0. The first-order valence-corrected chi connectivity index (χ1v) is 7.94. The third-order valence-corrected chi connectivity index (χ3v) is 4.70. The molecule has 0 amide bonds. The Labute approximate surface area is 122 Å². The zero-order valence-corrected chi connectivity index (χ0v) is 12.6. The molecule has 0 aliphatic heterocycles. The first-order chi connectivity index (χ1) is 9.74. The van der Waals surface area contributed by atoms with E-state index in [0.717, 1.165) is 18.5 Å². The fraction of sp³-hybridized carbons (Fsp3) is 0.474. The van der Waals surface area contributed by atoms with Gasteiger partial charge in [0.25, 0.3) is 0 Å². The van der Waals surface area contributed by atoms with E-state index in [9.17, 15) is 0 Å². The van der Waals surface area contributed by atoms with Crippen molar-refractivity contribution in [3.63, 3.8) is 0 Å². The van der Waals surface area contributed by atoms with Gasteiger partial charge in [0.05, 0.1) is 0 Å². The van der Waals surface area contributed by atoms with Gasteiger partial charge >= 0.3 is 0 Å². The lowest BCUT2D eigenvalue weighted by molar-refractivity contribution is 0.365. The van der Waals surface area contributed by atoms with E-state index in [2.05, 4.69) is 61.6 Å². The van der Waals surface area contributed by atoms with Crippen molar-refractivity contribution < 1.29 is 0 Å². The van der Waals surface area contributed by atoms with Crippen molar-refractivity contribution in [1.29, 1.82) is 0 Å². The first-order valence-electron chi connectivity index (χ1n) is 7.94. The van der Waals surface area contributed by atoms with Crippen molar-refractivity contribution in [2.24, 2.45) is 11.8 Å². The van der Waals surface area contributed by atoms with Crippen molar-refractivity contribution >= 4 is 10.8 Å². The van der Waals surface area contributed by atoms with Crippen LogP contribution in [-0.2, 0) is 6.42 Å². The Morgan fingerprint density at radius 1 is 1.00 bits per heavy atom. The molecule has 1 aliphatic rings. The number of hydrogen-bond acceptors (Lipinski definition) is 1. The molecule has 1 fully saturated rings. The summed E-state index contributed by atoms with van der Waals surface area (Å²) in [4.78, 5) is 0. The van der Waals surface area contributed by atoms with Gasteiger partial charge in [0, 0.05) is 6.04 Å². The zero-order valence-electron chi connectivity index (χ0n) is 12.6. The highest BCUT2D eigenvalue weighted by Crippen LogP contribution is 2.25. The van der Waals surface area contributed by atoms with Gasteiger partial charge in [-0.1, -0.05) is 56.3 Å². The second-order valence-corrected chi connectivity index (χ2v) is 6.48. The Hall–Kier alpha value is -1.34. The number of nitrogens with one attached hydrogen (secondary N) is 1. The number of rotatable bonds is 6. The van der Waals surface area contributed by atoms with Gasteiger partial charge in [-0.2, -0.15) is 0 Å². The summed E-state index contributed by atoms with van der Waals surface area (Å²) in [6, 6.07) is 16.2. The van der Waals surface area contributed by atoms with E-state index < -0.39 is 0 Å². The average Bonchev–Trinajstić information content (AvgIpc) is 3.29. The van der Waals surface area contributed by atoms with E-state index in [1.807, 2.05) is 0 Å². The molecular weight excluding hydrogens is 242 g/mol. The van der Waals surface area contributed by atoms with E-state index >= 15 is 0 Å². The molecule has 1 heteroatoms. The summed E-state index contributed by atoms with van der Waals surface area (Å²) in [6.45, 7) is 5.93. The summed E-state index contributed by atoms with van der Waals surface area (Å²) in [5.41, 5.74) is 1.49.